The van der Waals surface area contributed by atoms with Crippen LogP contribution < -0.4 is 5.32 Å². The summed E-state index contributed by atoms with van der Waals surface area (Å²) in [6, 6.07) is 12.2. The number of rotatable bonds is 3. The van der Waals surface area contributed by atoms with Crippen molar-refractivity contribution in [3.8, 4) is 0 Å². The first kappa shape index (κ1) is 16.8. The van der Waals surface area contributed by atoms with Crippen molar-refractivity contribution in [1.82, 2.24) is 0 Å². The summed E-state index contributed by atoms with van der Waals surface area (Å²) in [7, 11) is 0. The molecule has 4 atom stereocenters. The number of carbonyl (C=O) groups excluding carboxylic acids is 2. The number of hydrogen-bond donors (Lipinski definition) is 1. The average Bonchev–Trinajstić information content (AvgIpc) is 2.62. The Bertz CT molecular complexity index is 864. The average molecular weight is 355 g/mol. The SMILES string of the molecule is CC(=O)OC[C@H]1O[C@@H]2C[C@@H](Nc3c2ccc2ccccc32)[C@@H]1OC(C)=O. The van der Waals surface area contributed by atoms with E-state index >= 15 is 0 Å². The van der Waals surface area contributed by atoms with Gasteiger partial charge in [-0.3, -0.25) is 9.59 Å². The molecule has 0 amide bonds. The third-order valence-corrected chi connectivity index (χ3v) is 4.96. The summed E-state index contributed by atoms with van der Waals surface area (Å²) in [6.07, 6.45) is -0.457. The third-order valence-electron chi connectivity index (χ3n) is 4.96. The molecule has 0 saturated carbocycles. The first-order chi connectivity index (χ1) is 12.5. The van der Waals surface area contributed by atoms with Crippen LogP contribution in [0.1, 0.15) is 31.9 Å². The molecule has 4 rings (SSSR count). The highest BCUT2D eigenvalue weighted by Crippen LogP contribution is 2.44. The Morgan fingerprint density at radius 3 is 2.73 bits per heavy atom. The molecule has 6 nitrogen and oxygen atoms in total. The van der Waals surface area contributed by atoms with Crippen molar-refractivity contribution in [3.63, 3.8) is 0 Å². The first-order valence-electron chi connectivity index (χ1n) is 8.77. The quantitative estimate of drug-likeness (QED) is 0.854. The molecule has 2 aliphatic rings. The second kappa shape index (κ2) is 6.61. The number of anilines is 1. The van der Waals surface area contributed by atoms with Gasteiger partial charge in [0.15, 0.2) is 6.10 Å². The van der Waals surface area contributed by atoms with Gasteiger partial charge < -0.3 is 19.5 Å². The second-order valence-electron chi connectivity index (χ2n) is 6.78. The molecule has 0 unspecified atom stereocenters. The fourth-order valence-corrected chi connectivity index (χ4v) is 3.90. The van der Waals surface area contributed by atoms with E-state index < -0.39 is 12.2 Å². The van der Waals surface area contributed by atoms with Gasteiger partial charge in [0.05, 0.1) is 12.1 Å². The lowest BCUT2D eigenvalue weighted by atomic mass is 9.85. The van der Waals surface area contributed by atoms with Crippen molar-refractivity contribution in [2.45, 2.75) is 44.6 Å². The van der Waals surface area contributed by atoms with Crippen LogP contribution in [0.15, 0.2) is 36.4 Å². The Labute approximate surface area is 151 Å². The van der Waals surface area contributed by atoms with Crippen molar-refractivity contribution in [2.75, 3.05) is 11.9 Å². The third kappa shape index (κ3) is 3.01. The molecule has 2 heterocycles. The van der Waals surface area contributed by atoms with E-state index in [1.54, 1.807) is 0 Å². The molecule has 136 valence electrons. The summed E-state index contributed by atoms with van der Waals surface area (Å²) in [5, 5.41) is 5.80. The van der Waals surface area contributed by atoms with Crippen LogP contribution in [0.2, 0.25) is 0 Å². The van der Waals surface area contributed by atoms with Crippen LogP contribution in [0.4, 0.5) is 5.69 Å². The number of ether oxygens (including phenoxy) is 3. The van der Waals surface area contributed by atoms with Gasteiger partial charge in [0.1, 0.15) is 12.7 Å². The number of carbonyl (C=O) groups is 2. The number of fused-ring (bicyclic) bond motifs is 6. The zero-order chi connectivity index (χ0) is 18.3. The van der Waals surface area contributed by atoms with Gasteiger partial charge in [-0.25, -0.2) is 0 Å². The Balaban J connectivity index is 1.71. The smallest absolute Gasteiger partial charge is 0.303 e. The van der Waals surface area contributed by atoms with Gasteiger partial charge >= 0.3 is 11.9 Å². The van der Waals surface area contributed by atoms with E-state index in [4.69, 9.17) is 14.2 Å². The lowest BCUT2D eigenvalue weighted by Crippen LogP contribution is -2.54. The summed E-state index contributed by atoms with van der Waals surface area (Å²) in [4.78, 5) is 22.8. The predicted molar refractivity (Wildman–Crippen MR) is 95.8 cm³/mol. The molecule has 1 N–H and O–H groups in total. The van der Waals surface area contributed by atoms with Crippen molar-refractivity contribution in [1.29, 1.82) is 0 Å². The standard InChI is InChI=1S/C20H21NO5/c1-11(22)24-10-18-20(25-12(2)23)16-9-17(26-18)15-8-7-13-5-3-4-6-14(13)19(15)21-16/h3-8,16-18,20-21H,9-10H2,1-2H3/t16-,17-,18-,20+/m1/s1. The van der Waals surface area contributed by atoms with Crippen LogP contribution in [-0.2, 0) is 23.8 Å². The molecule has 2 aromatic rings. The van der Waals surface area contributed by atoms with Gasteiger partial charge in [-0.1, -0.05) is 36.4 Å². The number of nitrogens with one attached hydrogen (secondary N) is 1. The fraction of sp³-hybridized carbons (Fsp3) is 0.400. The molecular formula is C20H21NO5. The van der Waals surface area contributed by atoms with E-state index in [-0.39, 0.29) is 30.7 Å². The molecule has 0 radical (unpaired) electrons. The van der Waals surface area contributed by atoms with Gasteiger partial charge in [-0.15, -0.1) is 0 Å². The number of benzene rings is 2. The molecule has 1 saturated heterocycles. The highest BCUT2D eigenvalue weighted by atomic mass is 16.6. The first-order valence-corrected chi connectivity index (χ1v) is 8.77. The largest absolute Gasteiger partial charge is 0.463 e. The molecule has 6 heteroatoms. The zero-order valence-corrected chi connectivity index (χ0v) is 14.7. The van der Waals surface area contributed by atoms with Gasteiger partial charge in [0, 0.05) is 36.9 Å². The maximum Gasteiger partial charge on any atom is 0.303 e. The zero-order valence-electron chi connectivity index (χ0n) is 14.7. The Kier molecular flexibility index (Phi) is 4.28. The number of hydrogen-bond acceptors (Lipinski definition) is 6. The maximum absolute atomic E-state index is 11.6. The van der Waals surface area contributed by atoms with Crippen LogP contribution in [0.25, 0.3) is 10.8 Å². The van der Waals surface area contributed by atoms with Crippen LogP contribution in [0, 0.1) is 0 Å². The van der Waals surface area contributed by atoms with Crippen LogP contribution in [0.3, 0.4) is 0 Å². The summed E-state index contributed by atoms with van der Waals surface area (Å²) in [5.41, 5.74) is 2.10. The lowest BCUT2D eigenvalue weighted by Gasteiger charge is -2.45. The molecule has 1 fully saturated rings. The predicted octanol–water partition coefficient (Wildman–Crippen LogP) is 2.96. The molecule has 2 bridgehead atoms. The maximum atomic E-state index is 11.6. The van der Waals surface area contributed by atoms with Crippen molar-refractivity contribution < 1.29 is 23.8 Å². The van der Waals surface area contributed by atoms with E-state index in [2.05, 4.69) is 29.6 Å². The van der Waals surface area contributed by atoms with Crippen LogP contribution in [0.5, 0.6) is 0 Å². The van der Waals surface area contributed by atoms with Gasteiger partial charge in [-0.2, -0.15) is 0 Å². The normalized spacial score (nSPS) is 26.5. The van der Waals surface area contributed by atoms with E-state index in [9.17, 15) is 9.59 Å². The summed E-state index contributed by atoms with van der Waals surface area (Å²) in [5.74, 6) is -0.763. The van der Waals surface area contributed by atoms with Gasteiger partial charge in [0.25, 0.3) is 0 Å². The van der Waals surface area contributed by atoms with Crippen LogP contribution >= 0.6 is 0 Å². The minimum atomic E-state index is -0.518. The second-order valence-corrected chi connectivity index (χ2v) is 6.78. The molecule has 0 aromatic heterocycles. The highest BCUT2D eigenvalue weighted by Gasteiger charge is 2.45. The fourth-order valence-electron chi connectivity index (χ4n) is 3.90. The Morgan fingerprint density at radius 1 is 1.15 bits per heavy atom. The van der Waals surface area contributed by atoms with Crippen molar-refractivity contribution in [2.24, 2.45) is 0 Å². The minimum Gasteiger partial charge on any atom is -0.463 e. The minimum absolute atomic E-state index is 0.0604. The van der Waals surface area contributed by atoms with E-state index in [0.717, 1.165) is 22.0 Å². The van der Waals surface area contributed by atoms with Crippen LogP contribution in [-0.4, -0.2) is 36.8 Å². The Morgan fingerprint density at radius 2 is 1.96 bits per heavy atom. The lowest BCUT2D eigenvalue weighted by molar-refractivity contribution is -0.185. The van der Waals surface area contributed by atoms with Gasteiger partial charge in [0.2, 0.25) is 0 Å². The molecule has 2 aliphatic heterocycles. The van der Waals surface area contributed by atoms with Crippen molar-refractivity contribution >= 4 is 28.4 Å². The number of esters is 2. The monoisotopic (exact) mass is 355 g/mol. The molecule has 26 heavy (non-hydrogen) atoms. The highest BCUT2D eigenvalue weighted by molar-refractivity contribution is 5.96. The van der Waals surface area contributed by atoms with E-state index in [0.29, 0.717) is 6.42 Å². The molecule has 0 spiro atoms. The topological polar surface area (TPSA) is 73.9 Å². The summed E-state index contributed by atoms with van der Waals surface area (Å²) in [6.45, 7) is 2.79. The molecular weight excluding hydrogens is 334 g/mol. The Hall–Kier alpha value is -2.60. The molecule has 2 aromatic carbocycles. The molecule has 0 aliphatic carbocycles. The van der Waals surface area contributed by atoms with Gasteiger partial charge in [-0.05, 0) is 5.39 Å². The van der Waals surface area contributed by atoms with E-state index in [1.165, 1.54) is 13.8 Å². The van der Waals surface area contributed by atoms with E-state index in [1.807, 2.05) is 12.1 Å². The summed E-state index contributed by atoms with van der Waals surface area (Å²) >= 11 is 0. The summed E-state index contributed by atoms with van der Waals surface area (Å²) < 4.78 is 16.9. The van der Waals surface area contributed by atoms with Crippen molar-refractivity contribution in [3.05, 3.63) is 42.0 Å².